The number of Topliss-reactive ketones (excluding diaryl/α,β-unsaturated/α-hetero) is 1. The van der Waals surface area contributed by atoms with Crippen LogP contribution in [0.5, 0.6) is 5.75 Å². The van der Waals surface area contributed by atoms with Gasteiger partial charge in [0.1, 0.15) is 11.5 Å². The van der Waals surface area contributed by atoms with Gasteiger partial charge in [-0.05, 0) is 66.9 Å². The van der Waals surface area contributed by atoms with Gasteiger partial charge in [-0.1, -0.05) is 46.3 Å². The number of aliphatic hydroxyl groups is 1. The van der Waals surface area contributed by atoms with Crippen LogP contribution < -0.4 is 9.64 Å². The number of amides is 1. The van der Waals surface area contributed by atoms with Gasteiger partial charge in [0, 0.05) is 15.7 Å². The molecule has 1 amide bonds. The number of carbonyl (C=O) groups excluding carboxylic acids is 2. The number of carbonyl (C=O) groups is 2. The van der Waals surface area contributed by atoms with Gasteiger partial charge < -0.3 is 9.84 Å². The van der Waals surface area contributed by atoms with E-state index in [0.29, 0.717) is 22.6 Å². The zero-order chi connectivity index (χ0) is 23.0. The third kappa shape index (κ3) is 3.82. The Bertz CT molecular complexity index is 1250. The van der Waals surface area contributed by atoms with Crippen molar-refractivity contribution in [2.45, 2.75) is 19.9 Å². The second-order valence-corrected chi connectivity index (χ2v) is 8.64. The lowest BCUT2D eigenvalue weighted by atomic mass is 9.95. The number of nitrogens with zero attached hydrogens (tertiary/aromatic N) is 1. The molecule has 1 aliphatic heterocycles. The molecule has 1 unspecified atom stereocenters. The van der Waals surface area contributed by atoms with Crippen molar-refractivity contribution < 1.29 is 19.4 Å². The van der Waals surface area contributed by atoms with Gasteiger partial charge in [-0.15, -0.1) is 0 Å². The average Bonchev–Trinajstić information content (AvgIpc) is 3.06. The number of rotatable bonds is 4. The molecule has 0 aromatic heterocycles. The summed E-state index contributed by atoms with van der Waals surface area (Å²) in [6.07, 6.45) is 0. The van der Waals surface area contributed by atoms with Crippen LogP contribution >= 0.6 is 15.9 Å². The standard InChI is InChI=1S/C26H22BrNO4/c1-15-7-12-20(13-16(15)2)28-23(18-5-4-6-21(14-18)32-3)22(25(30)26(28)31)24(29)17-8-10-19(27)11-9-17/h4-14,23,29H,1-3H3/b24-22+. The third-order valence-corrected chi connectivity index (χ3v) is 6.27. The minimum Gasteiger partial charge on any atom is -0.507 e. The van der Waals surface area contributed by atoms with Gasteiger partial charge in [-0.2, -0.15) is 0 Å². The molecule has 1 fully saturated rings. The Labute approximate surface area is 195 Å². The van der Waals surface area contributed by atoms with Gasteiger partial charge in [0.05, 0.1) is 18.7 Å². The summed E-state index contributed by atoms with van der Waals surface area (Å²) in [6.45, 7) is 3.94. The van der Waals surface area contributed by atoms with Gasteiger partial charge in [-0.25, -0.2) is 0 Å². The number of aliphatic hydroxyl groups excluding tert-OH is 1. The van der Waals surface area contributed by atoms with Crippen LogP contribution in [0.25, 0.3) is 5.76 Å². The highest BCUT2D eigenvalue weighted by Crippen LogP contribution is 2.43. The first-order valence-corrected chi connectivity index (χ1v) is 10.9. The Kier molecular flexibility index (Phi) is 5.89. The van der Waals surface area contributed by atoms with Gasteiger partial charge in [0.15, 0.2) is 0 Å². The number of ketones is 1. The summed E-state index contributed by atoms with van der Waals surface area (Å²) in [5.41, 5.74) is 3.85. The molecule has 1 aliphatic rings. The maximum absolute atomic E-state index is 13.2. The SMILES string of the molecule is COc1cccc(C2/C(=C(\O)c3ccc(Br)cc3)C(=O)C(=O)N2c2ccc(C)c(C)c2)c1. The van der Waals surface area contributed by atoms with Crippen LogP contribution in [0, 0.1) is 13.8 Å². The minimum atomic E-state index is -0.796. The number of benzene rings is 3. The first-order chi connectivity index (χ1) is 15.3. The summed E-state index contributed by atoms with van der Waals surface area (Å²) in [4.78, 5) is 27.9. The summed E-state index contributed by atoms with van der Waals surface area (Å²) in [7, 11) is 1.56. The predicted octanol–water partition coefficient (Wildman–Crippen LogP) is 5.70. The summed E-state index contributed by atoms with van der Waals surface area (Å²) in [5.74, 6) is -1.02. The summed E-state index contributed by atoms with van der Waals surface area (Å²) in [6, 6.07) is 19.0. The molecule has 0 spiro atoms. The van der Waals surface area contributed by atoms with E-state index in [1.807, 2.05) is 38.1 Å². The lowest BCUT2D eigenvalue weighted by Crippen LogP contribution is -2.29. The molecule has 3 aromatic carbocycles. The Morgan fingerprint density at radius 3 is 2.34 bits per heavy atom. The monoisotopic (exact) mass is 491 g/mol. The number of aryl methyl sites for hydroxylation is 2. The van der Waals surface area contributed by atoms with E-state index in [2.05, 4.69) is 15.9 Å². The quantitative estimate of drug-likeness (QED) is 0.288. The maximum Gasteiger partial charge on any atom is 0.300 e. The van der Waals surface area contributed by atoms with Crippen LogP contribution in [-0.4, -0.2) is 23.9 Å². The van der Waals surface area contributed by atoms with Crippen molar-refractivity contribution in [3.8, 4) is 5.75 Å². The second-order valence-electron chi connectivity index (χ2n) is 7.72. The smallest absolute Gasteiger partial charge is 0.300 e. The van der Waals surface area contributed by atoms with Crippen molar-refractivity contribution >= 4 is 39.1 Å². The van der Waals surface area contributed by atoms with Gasteiger partial charge >= 0.3 is 0 Å². The molecule has 1 heterocycles. The van der Waals surface area contributed by atoms with Gasteiger partial charge in [0.2, 0.25) is 0 Å². The van der Waals surface area contributed by atoms with Crippen molar-refractivity contribution in [3.63, 3.8) is 0 Å². The summed E-state index contributed by atoms with van der Waals surface area (Å²) < 4.78 is 6.21. The molecule has 1 saturated heterocycles. The average molecular weight is 492 g/mol. The molecule has 0 aliphatic carbocycles. The van der Waals surface area contributed by atoms with E-state index in [1.165, 1.54) is 4.90 Å². The van der Waals surface area contributed by atoms with E-state index >= 15 is 0 Å². The normalized spacial score (nSPS) is 17.6. The number of halogens is 1. The summed E-state index contributed by atoms with van der Waals surface area (Å²) in [5, 5.41) is 11.2. The van der Waals surface area contributed by atoms with Crippen LogP contribution in [0.3, 0.4) is 0 Å². The molecule has 3 aromatic rings. The van der Waals surface area contributed by atoms with Crippen molar-refractivity contribution in [3.05, 3.63) is 99.0 Å². The molecule has 0 saturated carbocycles. The predicted molar refractivity (Wildman–Crippen MR) is 128 cm³/mol. The first-order valence-electron chi connectivity index (χ1n) is 10.1. The number of anilines is 1. The van der Waals surface area contributed by atoms with E-state index < -0.39 is 17.7 Å². The molecule has 0 radical (unpaired) electrons. The van der Waals surface area contributed by atoms with Crippen LogP contribution in [0.1, 0.15) is 28.3 Å². The highest BCUT2D eigenvalue weighted by Gasteiger charge is 2.47. The van der Waals surface area contributed by atoms with E-state index in [4.69, 9.17) is 4.74 Å². The van der Waals surface area contributed by atoms with Gasteiger partial charge in [-0.3, -0.25) is 14.5 Å². The number of methoxy groups -OCH3 is 1. The molecule has 0 bridgehead atoms. The molecule has 1 atom stereocenters. The third-order valence-electron chi connectivity index (χ3n) is 5.74. The van der Waals surface area contributed by atoms with Crippen molar-refractivity contribution in [2.75, 3.05) is 12.0 Å². The summed E-state index contributed by atoms with van der Waals surface area (Å²) >= 11 is 3.38. The van der Waals surface area contributed by atoms with Gasteiger partial charge in [0.25, 0.3) is 11.7 Å². The Hall–Kier alpha value is -3.38. The fourth-order valence-corrected chi connectivity index (χ4v) is 4.13. The van der Waals surface area contributed by atoms with Crippen LogP contribution in [0.2, 0.25) is 0 Å². The number of ether oxygens (including phenoxy) is 1. The van der Waals surface area contributed by atoms with E-state index in [1.54, 1.807) is 49.6 Å². The topological polar surface area (TPSA) is 66.8 Å². The highest BCUT2D eigenvalue weighted by molar-refractivity contribution is 9.10. The Morgan fingerprint density at radius 1 is 0.969 bits per heavy atom. The number of hydrogen-bond acceptors (Lipinski definition) is 4. The lowest BCUT2D eigenvalue weighted by molar-refractivity contribution is -0.132. The largest absolute Gasteiger partial charge is 0.507 e. The zero-order valence-electron chi connectivity index (χ0n) is 17.9. The molecular weight excluding hydrogens is 470 g/mol. The van der Waals surface area contributed by atoms with Crippen molar-refractivity contribution in [2.24, 2.45) is 0 Å². The molecule has 32 heavy (non-hydrogen) atoms. The van der Waals surface area contributed by atoms with Crippen LogP contribution in [-0.2, 0) is 9.59 Å². The maximum atomic E-state index is 13.2. The molecule has 5 nitrogen and oxygen atoms in total. The zero-order valence-corrected chi connectivity index (χ0v) is 19.5. The molecule has 162 valence electrons. The van der Waals surface area contributed by atoms with E-state index in [-0.39, 0.29) is 11.3 Å². The fraction of sp³-hybridized carbons (Fsp3) is 0.154. The molecule has 4 rings (SSSR count). The fourth-order valence-electron chi connectivity index (χ4n) is 3.86. The van der Waals surface area contributed by atoms with E-state index in [0.717, 1.165) is 15.6 Å². The minimum absolute atomic E-state index is 0.0452. The van der Waals surface area contributed by atoms with Crippen LogP contribution in [0.4, 0.5) is 5.69 Å². The number of hydrogen-bond donors (Lipinski definition) is 1. The Morgan fingerprint density at radius 2 is 1.69 bits per heavy atom. The van der Waals surface area contributed by atoms with Crippen molar-refractivity contribution in [1.82, 2.24) is 0 Å². The molecular formula is C26H22BrNO4. The first kappa shape index (κ1) is 21.8. The lowest BCUT2D eigenvalue weighted by Gasteiger charge is -2.26. The molecule has 6 heteroatoms. The molecule has 1 N–H and O–H groups in total. The van der Waals surface area contributed by atoms with Crippen molar-refractivity contribution in [1.29, 1.82) is 0 Å². The highest BCUT2D eigenvalue weighted by atomic mass is 79.9. The van der Waals surface area contributed by atoms with Crippen LogP contribution in [0.15, 0.2) is 76.8 Å². The second kappa shape index (κ2) is 8.63. The van der Waals surface area contributed by atoms with E-state index in [9.17, 15) is 14.7 Å². The Balaban J connectivity index is 1.96.